The Morgan fingerprint density at radius 2 is 2.24 bits per heavy atom. The predicted octanol–water partition coefficient (Wildman–Crippen LogP) is 1.95. The van der Waals surface area contributed by atoms with Gasteiger partial charge in [0.15, 0.2) is 0 Å². The van der Waals surface area contributed by atoms with E-state index < -0.39 is 10.9 Å². The number of aromatic nitrogens is 2. The van der Waals surface area contributed by atoms with Crippen molar-refractivity contribution in [3.63, 3.8) is 0 Å². The Hall–Kier alpha value is -2.90. The molecule has 0 fully saturated rings. The van der Waals surface area contributed by atoms with Gasteiger partial charge in [-0.1, -0.05) is 6.07 Å². The summed E-state index contributed by atoms with van der Waals surface area (Å²) in [6, 6.07) is 3.95. The van der Waals surface area contributed by atoms with E-state index in [9.17, 15) is 14.9 Å². The third kappa shape index (κ3) is 2.83. The lowest BCUT2D eigenvalue weighted by Gasteiger charge is -2.09. The van der Waals surface area contributed by atoms with Crippen molar-refractivity contribution in [1.82, 2.24) is 9.78 Å². The monoisotopic (exact) mass is 290 g/mol. The van der Waals surface area contributed by atoms with E-state index in [1.807, 2.05) is 6.92 Å². The van der Waals surface area contributed by atoms with Crippen molar-refractivity contribution in [3.8, 4) is 0 Å². The summed E-state index contributed by atoms with van der Waals surface area (Å²) < 4.78 is 1.68. The molecule has 110 valence electrons. The Balaban J connectivity index is 2.36. The molecule has 0 spiro atoms. The molecule has 0 aliphatic rings. The number of hydrogen-bond donors (Lipinski definition) is 2. The van der Waals surface area contributed by atoms with Crippen LogP contribution in [-0.4, -0.2) is 25.8 Å². The lowest BCUT2D eigenvalue weighted by Crippen LogP contribution is -2.09. The van der Waals surface area contributed by atoms with Gasteiger partial charge in [0.1, 0.15) is 5.69 Å². The highest BCUT2D eigenvalue weighted by Crippen LogP contribution is 2.29. The molecule has 8 heteroatoms. The molecule has 0 amide bonds. The molecule has 0 saturated heterocycles. The number of rotatable bonds is 5. The molecule has 0 aliphatic carbocycles. The number of carbonyl (C=O) groups is 1. The number of carboxylic acid groups (broad SMARTS) is 1. The van der Waals surface area contributed by atoms with Gasteiger partial charge in [0, 0.05) is 30.9 Å². The fourth-order valence-corrected chi connectivity index (χ4v) is 1.96. The SMILES string of the molecule is Cc1c(CNc2c(C(=O)O)cccc2[N+](=O)[O-])cnn1C. The molecule has 1 heterocycles. The summed E-state index contributed by atoms with van der Waals surface area (Å²) in [6.45, 7) is 2.12. The average Bonchev–Trinajstić information content (AvgIpc) is 2.76. The lowest BCUT2D eigenvalue weighted by atomic mass is 10.1. The van der Waals surface area contributed by atoms with E-state index in [4.69, 9.17) is 5.11 Å². The molecule has 0 bridgehead atoms. The van der Waals surface area contributed by atoms with Crippen LogP contribution >= 0.6 is 0 Å². The molecule has 0 radical (unpaired) electrons. The zero-order valence-electron chi connectivity index (χ0n) is 11.5. The second kappa shape index (κ2) is 5.61. The first-order valence-corrected chi connectivity index (χ1v) is 6.14. The highest BCUT2D eigenvalue weighted by molar-refractivity contribution is 5.96. The second-order valence-corrected chi connectivity index (χ2v) is 4.49. The number of anilines is 1. The molecule has 1 aromatic carbocycles. The van der Waals surface area contributed by atoms with Crippen LogP contribution in [-0.2, 0) is 13.6 Å². The summed E-state index contributed by atoms with van der Waals surface area (Å²) in [7, 11) is 1.78. The van der Waals surface area contributed by atoms with Crippen LogP contribution in [0.2, 0.25) is 0 Å². The number of aromatic carboxylic acids is 1. The van der Waals surface area contributed by atoms with Crippen LogP contribution in [0.5, 0.6) is 0 Å². The maximum atomic E-state index is 11.2. The van der Waals surface area contributed by atoms with E-state index in [0.717, 1.165) is 11.3 Å². The molecule has 0 aliphatic heterocycles. The van der Waals surface area contributed by atoms with Crippen molar-refractivity contribution in [3.05, 3.63) is 51.3 Å². The van der Waals surface area contributed by atoms with Gasteiger partial charge in [-0.15, -0.1) is 0 Å². The highest BCUT2D eigenvalue weighted by atomic mass is 16.6. The molecule has 2 aromatic rings. The number of aryl methyl sites for hydroxylation is 1. The summed E-state index contributed by atoms with van der Waals surface area (Å²) >= 11 is 0. The first kappa shape index (κ1) is 14.5. The number of hydrogen-bond acceptors (Lipinski definition) is 5. The van der Waals surface area contributed by atoms with Crippen molar-refractivity contribution in [2.75, 3.05) is 5.32 Å². The fourth-order valence-electron chi connectivity index (χ4n) is 1.96. The van der Waals surface area contributed by atoms with Gasteiger partial charge in [-0.25, -0.2) is 4.79 Å². The quantitative estimate of drug-likeness (QED) is 0.643. The Labute approximate surface area is 120 Å². The fraction of sp³-hybridized carbons (Fsp3) is 0.231. The number of nitrogens with zero attached hydrogens (tertiary/aromatic N) is 3. The number of benzene rings is 1. The molecule has 8 nitrogen and oxygen atoms in total. The van der Waals surface area contributed by atoms with Gasteiger partial charge in [0.05, 0.1) is 16.7 Å². The zero-order chi connectivity index (χ0) is 15.6. The van der Waals surface area contributed by atoms with E-state index in [-0.39, 0.29) is 23.5 Å². The standard InChI is InChI=1S/C13H14N4O4/c1-8-9(7-15-16(8)2)6-14-12-10(13(18)19)4-3-5-11(12)17(20)21/h3-5,7,14H,6H2,1-2H3,(H,18,19). The maximum Gasteiger partial charge on any atom is 0.338 e. The van der Waals surface area contributed by atoms with Crippen LogP contribution in [0.1, 0.15) is 21.6 Å². The smallest absolute Gasteiger partial charge is 0.338 e. The van der Waals surface area contributed by atoms with Crippen LogP contribution in [0.15, 0.2) is 24.4 Å². The first-order chi connectivity index (χ1) is 9.91. The maximum absolute atomic E-state index is 11.2. The normalized spacial score (nSPS) is 10.4. The van der Waals surface area contributed by atoms with Gasteiger partial charge in [-0.3, -0.25) is 14.8 Å². The summed E-state index contributed by atoms with van der Waals surface area (Å²) in [5, 5.41) is 27.1. The molecule has 0 saturated carbocycles. The topological polar surface area (TPSA) is 110 Å². The number of nitro benzene ring substituents is 1. The first-order valence-electron chi connectivity index (χ1n) is 6.14. The van der Waals surface area contributed by atoms with Crippen LogP contribution < -0.4 is 5.32 Å². The van der Waals surface area contributed by atoms with E-state index >= 15 is 0 Å². The van der Waals surface area contributed by atoms with Gasteiger partial charge in [-0.05, 0) is 13.0 Å². The highest BCUT2D eigenvalue weighted by Gasteiger charge is 2.21. The lowest BCUT2D eigenvalue weighted by molar-refractivity contribution is -0.384. The molecule has 1 aromatic heterocycles. The molecule has 2 rings (SSSR count). The van der Waals surface area contributed by atoms with Gasteiger partial charge in [0.2, 0.25) is 0 Å². The molecular formula is C13H14N4O4. The summed E-state index contributed by atoms with van der Waals surface area (Å²) in [5.74, 6) is -1.22. The molecule has 0 atom stereocenters. The summed E-state index contributed by atoms with van der Waals surface area (Å²) in [6.07, 6.45) is 1.64. The number of para-hydroxylation sites is 1. The van der Waals surface area contributed by atoms with Crippen molar-refractivity contribution < 1.29 is 14.8 Å². The third-order valence-electron chi connectivity index (χ3n) is 3.26. The van der Waals surface area contributed by atoms with Gasteiger partial charge in [0.25, 0.3) is 5.69 Å². The minimum atomic E-state index is -1.22. The van der Waals surface area contributed by atoms with Crippen LogP contribution in [0.25, 0.3) is 0 Å². The number of nitrogens with one attached hydrogen (secondary N) is 1. The Morgan fingerprint density at radius 3 is 2.76 bits per heavy atom. The summed E-state index contributed by atoms with van der Waals surface area (Å²) in [5.41, 5.74) is 1.34. The number of carboxylic acids is 1. The van der Waals surface area contributed by atoms with Crippen molar-refractivity contribution >= 4 is 17.3 Å². The van der Waals surface area contributed by atoms with Gasteiger partial charge in [-0.2, -0.15) is 5.10 Å². The molecular weight excluding hydrogens is 276 g/mol. The predicted molar refractivity (Wildman–Crippen MR) is 75.3 cm³/mol. The Morgan fingerprint density at radius 1 is 1.52 bits per heavy atom. The van der Waals surface area contributed by atoms with Crippen molar-refractivity contribution in [1.29, 1.82) is 0 Å². The van der Waals surface area contributed by atoms with Crippen LogP contribution in [0, 0.1) is 17.0 Å². The number of nitro groups is 1. The minimum Gasteiger partial charge on any atom is -0.478 e. The van der Waals surface area contributed by atoms with Gasteiger partial charge < -0.3 is 10.4 Å². The molecule has 2 N–H and O–H groups in total. The van der Waals surface area contributed by atoms with E-state index in [0.29, 0.717) is 0 Å². The third-order valence-corrected chi connectivity index (χ3v) is 3.26. The average molecular weight is 290 g/mol. The van der Waals surface area contributed by atoms with Crippen LogP contribution in [0.3, 0.4) is 0 Å². The van der Waals surface area contributed by atoms with Crippen molar-refractivity contribution in [2.24, 2.45) is 7.05 Å². The Kier molecular flexibility index (Phi) is 3.88. The molecule has 21 heavy (non-hydrogen) atoms. The second-order valence-electron chi connectivity index (χ2n) is 4.49. The van der Waals surface area contributed by atoms with Crippen LogP contribution in [0.4, 0.5) is 11.4 Å². The zero-order valence-corrected chi connectivity index (χ0v) is 11.5. The van der Waals surface area contributed by atoms with E-state index in [2.05, 4.69) is 10.4 Å². The van der Waals surface area contributed by atoms with E-state index in [1.165, 1.54) is 18.2 Å². The van der Waals surface area contributed by atoms with E-state index in [1.54, 1.807) is 17.9 Å². The minimum absolute atomic E-state index is 0.00162. The van der Waals surface area contributed by atoms with Gasteiger partial charge >= 0.3 is 5.97 Å². The summed E-state index contributed by atoms with van der Waals surface area (Å²) in [4.78, 5) is 21.6. The largest absolute Gasteiger partial charge is 0.478 e. The molecule has 0 unspecified atom stereocenters. The van der Waals surface area contributed by atoms with Crippen molar-refractivity contribution in [2.45, 2.75) is 13.5 Å². The Bertz CT molecular complexity index is 676.